The molecule has 0 fully saturated rings. The highest BCUT2D eigenvalue weighted by atomic mass is 16.5. The highest BCUT2D eigenvalue weighted by Crippen LogP contribution is 2.19. The molecular weight excluding hydrogens is 314 g/mol. The molecule has 124 valence electrons. The van der Waals surface area contributed by atoms with Crippen LogP contribution >= 0.6 is 0 Å². The van der Waals surface area contributed by atoms with E-state index < -0.39 is 5.97 Å². The molecule has 0 spiro atoms. The standard InChI is InChI=1S/C21H17NO3/c22-19-8-4-7-18(13-19)21(24)25-14-20(23)17-11-9-16(10-12-17)15-5-2-1-3-6-15/h1-13H,14,22H2. The molecule has 0 aliphatic carbocycles. The molecule has 0 amide bonds. The van der Waals surface area contributed by atoms with Crippen LogP contribution in [0.3, 0.4) is 0 Å². The zero-order valence-corrected chi connectivity index (χ0v) is 13.5. The van der Waals surface area contributed by atoms with Crippen molar-refractivity contribution in [3.8, 4) is 11.1 Å². The van der Waals surface area contributed by atoms with Gasteiger partial charge in [0.15, 0.2) is 12.4 Å². The number of benzene rings is 3. The summed E-state index contributed by atoms with van der Waals surface area (Å²) < 4.78 is 5.07. The summed E-state index contributed by atoms with van der Waals surface area (Å²) in [4.78, 5) is 24.1. The Bertz CT molecular complexity index is 887. The first-order valence-corrected chi connectivity index (χ1v) is 7.85. The molecule has 0 aromatic heterocycles. The SMILES string of the molecule is Nc1cccc(C(=O)OCC(=O)c2ccc(-c3ccccc3)cc2)c1. The Hall–Kier alpha value is -3.40. The molecule has 2 N–H and O–H groups in total. The smallest absolute Gasteiger partial charge is 0.338 e. The van der Waals surface area contributed by atoms with Crippen LogP contribution < -0.4 is 5.73 Å². The van der Waals surface area contributed by atoms with E-state index in [1.807, 2.05) is 42.5 Å². The first-order valence-electron chi connectivity index (χ1n) is 7.85. The van der Waals surface area contributed by atoms with E-state index in [2.05, 4.69) is 0 Å². The fraction of sp³-hybridized carbons (Fsp3) is 0.0476. The van der Waals surface area contributed by atoms with E-state index in [-0.39, 0.29) is 12.4 Å². The Labute approximate surface area is 145 Å². The van der Waals surface area contributed by atoms with Gasteiger partial charge in [-0.2, -0.15) is 0 Å². The van der Waals surface area contributed by atoms with Crippen molar-refractivity contribution < 1.29 is 14.3 Å². The monoisotopic (exact) mass is 331 g/mol. The summed E-state index contributed by atoms with van der Waals surface area (Å²) >= 11 is 0. The minimum Gasteiger partial charge on any atom is -0.454 e. The molecule has 0 aliphatic heterocycles. The van der Waals surface area contributed by atoms with Crippen LogP contribution in [0.4, 0.5) is 5.69 Å². The number of carbonyl (C=O) groups is 2. The lowest BCUT2D eigenvalue weighted by atomic mass is 10.0. The van der Waals surface area contributed by atoms with Crippen LogP contribution in [0.15, 0.2) is 78.9 Å². The van der Waals surface area contributed by atoms with Crippen molar-refractivity contribution in [3.63, 3.8) is 0 Å². The lowest BCUT2D eigenvalue weighted by Crippen LogP contribution is -2.14. The number of rotatable bonds is 5. The van der Waals surface area contributed by atoms with Gasteiger partial charge in [0.2, 0.25) is 0 Å². The fourth-order valence-corrected chi connectivity index (χ4v) is 2.44. The van der Waals surface area contributed by atoms with E-state index in [9.17, 15) is 9.59 Å². The van der Waals surface area contributed by atoms with Crippen molar-refractivity contribution in [2.24, 2.45) is 0 Å². The molecule has 0 saturated heterocycles. The molecular formula is C21H17NO3. The van der Waals surface area contributed by atoms with Crippen molar-refractivity contribution in [2.75, 3.05) is 12.3 Å². The molecule has 0 unspecified atom stereocenters. The summed E-state index contributed by atoms with van der Waals surface area (Å²) in [6.45, 7) is -0.307. The zero-order chi connectivity index (χ0) is 17.6. The van der Waals surface area contributed by atoms with E-state index in [0.717, 1.165) is 11.1 Å². The summed E-state index contributed by atoms with van der Waals surface area (Å²) in [7, 11) is 0. The molecule has 0 bridgehead atoms. The van der Waals surface area contributed by atoms with E-state index in [1.165, 1.54) is 6.07 Å². The average Bonchev–Trinajstić information content (AvgIpc) is 2.66. The summed E-state index contributed by atoms with van der Waals surface area (Å²) in [6, 6.07) is 23.6. The highest BCUT2D eigenvalue weighted by Gasteiger charge is 2.12. The van der Waals surface area contributed by atoms with Gasteiger partial charge in [-0.15, -0.1) is 0 Å². The van der Waals surface area contributed by atoms with Gasteiger partial charge in [0, 0.05) is 11.3 Å². The first-order chi connectivity index (χ1) is 12.1. The van der Waals surface area contributed by atoms with Gasteiger partial charge in [-0.1, -0.05) is 60.7 Å². The fourth-order valence-electron chi connectivity index (χ4n) is 2.44. The topological polar surface area (TPSA) is 69.4 Å². The number of carbonyl (C=O) groups excluding carboxylic acids is 2. The molecule has 0 atom stereocenters. The van der Waals surface area contributed by atoms with Crippen molar-refractivity contribution >= 4 is 17.4 Å². The Morgan fingerprint density at radius 1 is 0.760 bits per heavy atom. The van der Waals surface area contributed by atoms with Gasteiger partial charge < -0.3 is 10.5 Å². The molecule has 0 radical (unpaired) electrons. The number of ketones is 1. The third-order valence-electron chi connectivity index (χ3n) is 3.77. The third-order valence-corrected chi connectivity index (χ3v) is 3.77. The maximum Gasteiger partial charge on any atom is 0.338 e. The van der Waals surface area contributed by atoms with Crippen LogP contribution in [0, 0.1) is 0 Å². The second-order valence-corrected chi connectivity index (χ2v) is 5.57. The normalized spacial score (nSPS) is 10.2. The summed E-state index contributed by atoms with van der Waals surface area (Å²) in [6.07, 6.45) is 0. The van der Waals surface area contributed by atoms with Crippen LogP contribution in [0.1, 0.15) is 20.7 Å². The average molecular weight is 331 g/mol. The van der Waals surface area contributed by atoms with Crippen LogP contribution in [-0.2, 0) is 4.74 Å². The van der Waals surface area contributed by atoms with Gasteiger partial charge in [0.25, 0.3) is 0 Å². The van der Waals surface area contributed by atoms with E-state index >= 15 is 0 Å². The number of nitrogen functional groups attached to an aromatic ring is 1. The molecule has 25 heavy (non-hydrogen) atoms. The van der Waals surface area contributed by atoms with Crippen LogP contribution in [0.5, 0.6) is 0 Å². The van der Waals surface area contributed by atoms with Gasteiger partial charge >= 0.3 is 5.97 Å². The van der Waals surface area contributed by atoms with E-state index in [4.69, 9.17) is 10.5 Å². The lowest BCUT2D eigenvalue weighted by molar-refractivity contribution is 0.0475. The molecule has 0 aliphatic rings. The van der Waals surface area contributed by atoms with Crippen molar-refractivity contribution in [1.82, 2.24) is 0 Å². The molecule has 4 heteroatoms. The second kappa shape index (κ2) is 7.45. The minimum absolute atomic E-state index is 0.253. The number of hydrogen-bond acceptors (Lipinski definition) is 4. The number of esters is 1. The largest absolute Gasteiger partial charge is 0.454 e. The van der Waals surface area contributed by atoms with Crippen molar-refractivity contribution in [3.05, 3.63) is 90.0 Å². The number of anilines is 1. The van der Waals surface area contributed by atoms with Gasteiger partial charge in [-0.05, 0) is 29.3 Å². The van der Waals surface area contributed by atoms with Crippen LogP contribution in [0.25, 0.3) is 11.1 Å². The Morgan fingerprint density at radius 3 is 2.12 bits per heavy atom. The van der Waals surface area contributed by atoms with E-state index in [0.29, 0.717) is 16.8 Å². The summed E-state index contributed by atoms with van der Waals surface area (Å²) in [5.41, 5.74) is 9.03. The predicted octanol–water partition coefficient (Wildman–Crippen LogP) is 3.98. The molecule has 3 aromatic rings. The molecule has 3 rings (SSSR count). The molecule has 4 nitrogen and oxygen atoms in total. The predicted molar refractivity (Wildman–Crippen MR) is 97.3 cm³/mol. The minimum atomic E-state index is -0.568. The molecule has 0 saturated carbocycles. The van der Waals surface area contributed by atoms with Crippen molar-refractivity contribution in [2.45, 2.75) is 0 Å². The maximum atomic E-state index is 12.2. The summed E-state index contributed by atoms with van der Waals surface area (Å²) in [5, 5.41) is 0. The number of hydrogen-bond donors (Lipinski definition) is 1. The van der Waals surface area contributed by atoms with Crippen molar-refractivity contribution in [1.29, 1.82) is 0 Å². The maximum absolute atomic E-state index is 12.2. The Balaban J connectivity index is 1.63. The lowest BCUT2D eigenvalue weighted by Gasteiger charge is -2.06. The summed E-state index contributed by atoms with van der Waals surface area (Å²) in [5.74, 6) is -0.821. The number of ether oxygens (including phenoxy) is 1. The Kier molecular flexibility index (Phi) is 4.90. The van der Waals surface area contributed by atoms with Gasteiger partial charge in [0.05, 0.1) is 5.56 Å². The number of Topliss-reactive ketones (excluding diaryl/α,β-unsaturated/α-hetero) is 1. The third kappa shape index (κ3) is 4.12. The van der Waals surface area contributed by atoms with Crippen LogP contribution in [-0.4, -0.2) is 18.4 Å². The number of nitrogens with two attached hydrogens (primary N) is 1. The van der Waals surface area contributed by atoms with Crippen LogP contribution in [0.2, 0.25) is 0 Å². The first kappa shape index (κ1) is 16.5. The van der Waals surface area contributed by atoms with Gasteiger partial charge in [0.1, 0.15) is 0 Å². The van der Waals surface area contributed by atoms with Gasteiger partial charge in [-0.25, -0.2) is 4.79 Å². The molecule has 3 aromatic carbocycles. The Morgan fingerprint density at radius 2 is 1.44 bits per heavy atom. The second-order valence-electron chi connectivity index (χ2n) is 5.57. The van der Waals surface area contributed by atoms with E-state index in [1.54, 1.807) is 30.3 Å². The zero-order valence-electron chi connectivity index (χ0n) is 13.5. The molecule has 0 heterocycles. The highest BCUT2D eigenvalue weighted by molar-refractivity contribution is 5.99. The quantitative estimate of drug-likeness (QED) is 0.436. The van der Waals surface area contributed by atoms with Gasteiger partial charge in [-0.3, -0.25) is 4.79 Å².